The molecule has 0 aromatic rings. The van der Waals surface area contributed by atoms with Gasteiger partial charge in [-0.25, -0.2) is 0 Å². The Morgan fingerprint density at radius 1 is 1.33 bits per heavy atom. The number of rotatable bonds is 6. The van der Waals surface area contributed by atoms with Gasteiger partial charge in [0.15, 0.2) is 0 Å². The van der Waals surface area contributed by atoms with Gasteiger partial charge in [0.1, 0.15) is 0 Å². The van der Waals surface area contributed by atoms with E-state index < -0.39 is 0 Å². The molecular weight excluding hydrogens is 184 g/mol. The van der Waals surface area contributed by atoms with E-state index in [0.717, 1.165) is 18.5 Å². The summed E-state index contributed by atoms with van der Waals surface area (Å²) in [6.07, 6.45) is 7.68. The summed E-state index contributed by atoms with van der Waals surface area (Å²) in [5.41, 5.74) is 5.94. The Bertz CT molecular complexity index is 170. The fourth-order valence-electron chi connectivity index (χ4n) is 2.71. The van der Waals surface area contributed by atoms with Crippen LogP contribution in [0.4, 0.5) is 0 Å². The summed E-state index contributed by atoms with van der Waals surface area (Å²) in [5, 5.41) is 0. The molecule has 1 saturated heterocycles. The maximum Gasteiger partial charge on any atom is 0.00960 e. The Morgan fingerprint density at radius 2 is 2.07 bits per heavy atom. The monoisotopic (exact) mass is 212 g/mol. The molecule has 3 unspecified atom stereocenters. The standard InChI is InChI=1S/C13H28N2/c1-4-12(14)7-6-10-15-11(3)8-9-13(15)5-2/h11-13H,4-10,14H2,1-3H3. The summed E-state index contributed by atoms with van der Waals surface area (Å²) in [6, 6.07) is 2.06. The molecule has 0 aromatic heterocycles. The van der Waals surface area contributed by atoms with Crippen LogP contribution in [0, 0.1) is 0 Å². The first-order valence-electron chi connectivity index (χ1n) is 6.70. The molecule has 0 radical (unpaired) electrons. The number of hydrogen-bond donors (Lipinski definition) is 1. The molecule has 0 bridgehead atoms. The Balaban J connectivity index is 2.24. The van der Waals surface area contributed by atoms with Gasteiger partial charge < -0.3 is 5.73 Å². The maximum atomic E-state index is 5.94. The highest BCUT2D eigenvalue weighted by molar-refractivity contribution is 4.84. The summed E-state index contributed by atoms with van der Waals surface area (Å²) in [5.74, 6) is 0. The van der Waals surface area contributed by atoms with Gasteiger partial charge >= 0.3 is 0 Å². The van der Waals surface area contributed by atoms with Crippen molar-refractivity contribution in [2.45, 2.75) is 77.4 Å². The molecule has 3 atom stereocenters. The first kappa shape index (κ1) is 13.0. The zero-order valence-electron chi connectivity index (χ0n) is 10.7. The molecule has 1 heterocycles. The molecule has 1 aliphatic heterocycles. The lowest BCUT2D eigenvalue weighted by Gasteiger charge is -2.28. The van der Waals surface area contributed by atoms with E-state index in [9.17, 15) is 0 Å². The molecule has 0 spiro atoms. The van der Waals surface area contributed by atoms with Gasteiger partial charge in [-0.2, -0.15) is 0 Å². The molecule has 1 aliphatic rings. The number of nitrogens with zero attached hydrogens (tertiary/aromatic N) is 1. The normalized spacial score (nSPS) is 29.6. The minimum absolute atomic E-state index is 0.419. The van der Waals surface area contributed by atoms with E-state index in [1.54, 1.807) is 0 Å². The second-order valence-electron chi connectivity index (χ2n) is 5.04. The van der Waals surface area contributed by atoms with Gasteiger partial charge in [-0.15, -0.1) is 0 Å². The molecule has 2 heteroatoms. The van der Waals surface area contributed by atoms with Crippen LogP contribution in [0.3, 0.4) is 0 Å². The highest BCUT2D eigenvalue weighted by Crippen LogP contribution is 2.26. The molecule has 0 amide bonds. The highest BCUT2D eigenvalue weighted by Gasteiger charge is 2.28. The number of hydrogen-bond acceptors (Lipinski definition) is 2. The van der Waals surface area contributed by atoms with Gasteiger partial charge in [-0.3, -0.25) is 4.90 Å². The third-order valence-electron chi connectivity index (χ3n) is 3.94. The smallest absolute Gasteiger partial charge is 0.00960 e. The van der Waals surface area contributed by atoms with Crippen molar-refractivity contribution in [3.8, 4) is 0 Å². The third-order valence-corrected chi connectivity index (χ3v) is 3.94. The van der Waals surface area contributed by atoms with Crippen LogP contribution >= 0.6 is 0 Å². The first-order chi connectivity index (χ1) is 7.19. The molecule has 0 saturated carbocycles. The van der Waals surface area contributed by atoms with Gasteiger partial charge in [0.2, 0.25) is 0 Å². The van der Waals surface area contributed by atoms with Gasteiger partial charge in [0.25, 0.3) is 0 Å². The van der Waals surface area contributed by atoms with E-state index in [2.05, 4.69) is 25.7 Å². The van der Waals surface area contributed by atoms with Gasteiger partial charge in [0.05, 0.1) is 0 Å². The number of likely N-dealkylation sites (tertiary alicyclic amines) is 1. The minimum Gasteiger partial charge on any atom is -0.328 e. The van der Waals surface area contributed by atoms with Crippen LogP contribution < -0.4 is 5.73 Å². The van der Waals surface area contributed by atoms with Crippen molar-refractivity contribution in [2.75, 3.05) is 6.54 Å². The SMILES string of the molecule is CCC(N)CCCN1C(C)CCC1CC. The van der Waals surface area contributed by atoms with Crippen LogP contribution in [0.15, 0.2) is 0 Å². The van der Waals surface area contributed by atoms with Crippen LogP contribution in [-0.4, -0.2) is 29.6 Å². The van der Waals surface area contributed by atoms with Crippen LogP contribution in [0.5, 0.6) is 0 Å². The highest BCUT2D eigenvalue weighted by atomic mass is 15.2. The van der Waals surface area contributed by atoms with Gasteiger partial charge in [-0.1, -0.05) is 13.8 Å². The van der Waals surface area contributed by atoms with Crippen LogP contribution in [0.1, 0.15) is 59.3 Å². The lowest BCUT2D eigenvalue weighted by molar-refractivity contribution is 0.193. The Morgan fingerprint density at radius 3 is 2.67 bits per heavy atom. The van der Waals surface area contributed by atoms with Crippen LogP contribution in [-0.2, 0) is 0 Å². The molecule has 2 nitrogen and oxygen atoms in total. The first-order valence-corrected chi connectivity index (χ1v) is 6.70. The van der Waals surface area contributed by atoms with Crippen LogP contribution in [0.2, 0.25) is 0 Å². The molecule has 90 valence electrons. The van der Waals surface area contributed by atoms with E-state index in [4.69, 9.17) is 5.73 Å². The van der Waals surface area contributed by atoms with Gasteiger partial charge in [-0.05, 0) is 52.0 Å². The van der Waals surface area contributed by atoms with E-state index in [-0.39, 0.29) is 0 Å². The quantitative estimate of drug-likeness (QED) is 0.733. The van der Waals surface area contributed by atoms with E-state index in [1.807, 2.05) is 0 Å². The molecule has 15 heavy (non-hydrogen) atoms. The van der Waals surface area contributed by atoms with Gasteiger partial charge in [0, 0.05) is 18.1 Å². The molecule has 1 rings (SSSR count). The Labute approximate surface area is 95.2 Å². The molecule has 2 N–H and O–H groups in total. The van der Waals surface area contributed by atoms with E-state index >= 15 is 0 Å². The van der Waals surface area contributed by atoms with Crippen molar-refractivity contribution in [3.05, 3.63) is 0 Å². The zero-order chi connectivity index (χ0) is 11.3. The molecule has 0 aliphatic carbocycles. The number of nitrogens with two attached hydrogens (primary N) is 1. The fourth-order valence-corrected chi connectivity index (χ4v) is 2.71. The molecule has 0 aromatic carbocycles. The summed E-state index contributed by atoms with van der Waals surface area (Å²) in [7, 11) is 0. The second kappa shape index (κ2) is 6.49. The average Bonchev–Trinajstić information content (AvgIpc) is 2.60. The predicted octanol–water partition coefficient (Wildman–Crippen LogP) is 2.77. The summed E-state index contributed by atoms with van der Waals surface area (Å²) in [6.45, 7) is 8.12. The van der Waals surface area contributed by atoms with E-state index in [0.29, 0.717) is 6.04 Å². The largest absolute Gasteiger partial charge is 0.328 e. The lowest BCUT2D eigenvalue weighted by atomic mass is 10.1. The van der Waals surface area contributed by atoms with Crippen LogP contribution in [0.25, 0.3) is 0 Å². The van der Waals surface area contributed by atoms with Crippen molar-refractivity contribution in [3.63, 3.8) is 0 Å². The minimum atomic E-state index is 0.419. The molecular formula is C13H28N2. The summed E-state index contributed by atoms with van der Waals surface area (Å²) < 4.78 is 0. The summed E-state index contributed by atoms with van der Waals surface area (Å²) in [4.78, 5) is 2.70. The maximum absolute atomic E-state index is 5.94. The Kier molecular flexibility index (Phi) is 5.62. The second-order valence-corrected chi connectivity index (χ2v) is 5.04. The predicted molar refractivity (Wildman–Crippen MR) is 67.0 cm³/mol. The fraction of sp³-hybridized carbons (Fsp3) is 1.00. The van der Waals surface area contributed by atoms with E-state index in [1.165, 1.54) is 38.6 Å². The van der Waals surface area contributed by atoms with Crippen molar-refractivity contribution in [1.82, 2.24) is 4.90 Å². The van der Waals surface area contributed by atoms with Crippen molar-refractivity contribution < 1.29 is 0 Å². The van der Waals surface area contributed by atoms with Crippen molar-refractivity contribution in [1.29, 1.82) is 0 Å². The van der Waals surface area contributed by atoms with Crippen molar-refractivity contribution >= 4 is 0 Å². The lowest BCUT2D eigenvalue weighted by Crippen LogP contribution is -2.35. The average molecular weight is 212 g/mol. The topological polar surface area (TPSA) is 29.3 Å². The molecule has 1 fully saturated rings. The third kappa shape index (κ3) is 3.76. The van der Waals surface area contributed by atoms with Crippen molar-refractivity contribution in [2.24, 2.45) is 5.73 Å². The summed E-state index contributed by atoms with van der Waals surface area (Å²) >= 11 is 0. The zero-order valence-corrected chi connectivity index (χ0v) is 10.7. The Hall–Kier alpha value is -0.0800.